The Bertz CT molecular complexity index is 523. The Hall–Kier alpha value is -1.63. The summed E-state index contributed by atoms with van der Waals surface area (Å²) in [6.45, 7) is 1.64. The first kappa shape index (κ1) is 20.4. The molecule has 0 spiro atoms. The van der Waals surface area contributed by atoms with Crippen molar-refractivity contribution in [1.82, 2.24) is 4.90 Å². The van der Waals surface area contributed by atoms with Crippen LogP contribution in [0, 0.1) is 0 Å². The van der Waals surface area contributed by atoms with Crippen LogP contribution in [0.15, 0.2) is 24.3 Å². The SMILES string of the molecule is COCCOCCCC(=O)N(CC(=O)OC)Cc1ccccc1Cl. The molecule has 0 atom stereocenters. The van der Waals surface area contributed by atoms with E-state index in [1.54, 1.807) is 13.2 Å². The number of halogens is 1. The second-order valence-electron chi connectivity index (χ2n) is 5.13. The van der Waals surface area contributed by atoms with Gasteiger partial charge in [0, 0.05) is 31.7 Å². The second kappa shape index (κ2) is 11.8. The third-order valence-corrected chi connectivity index (χ3v) is 3.70. The van der Waals surface area contributed by atoms with E-state index >= 15 is 0 Å². The Labute approximate surface area is 147 Å². The molecule has 6 nitrogen and oxygen atoms in total. The molecule has 0 bridgehead atoms. The lowest BCUT2D eigenvalue weighted by Crippen LogP contribution is -2.35. The molecular weight excluding hydrogens is 334 g/mol. The monoisotopic (exact) mass is 357 g/mol. The lowest BCUT2D eigenvalue weighted by molar-refractivity contribution is -0.147. The van der Waals surface area contributed by atoms with Crippen LogP contribution in [0.1, 0.15) is 18.4 Å². The maximum Gasteiger partial charge on any atom is 0.325 e. The van der Waals surface area contributed by atoms with Gasteiger partial charge >= 0.3 is 5.97 Å². The van der Waals surface area contributed by atoms with Gasteiger partial charge in [-0.05, 0) is 18.1 Å². The molecule has 7 heteroatoms. The summed E-state index contributed by atoms with van der Waals surface area (Å²) < 4.78 is 14.9. The van der Waals surface area contributed by atoms with Gasteiger partial charge in [-0.3, -0.25) is 9.59 Å². The maximum atomic E-state index is 12.4. The molecule has 0 unspecified atom stereocenters. The van der Waals surface area contributed by atoms with Gasteiger partial charge in [0.1, 0.15) is 6.54 Å². The fourth-order valence-electron chi connectivity index (χ4n) is 2.01. The molecule has 0 aliphatic heterocycles. The number of methoxy groups -OCH3 is 2. The summed E-state index contributed by atoms with van der Waals surface area (Å²) in [5.74, 6) is -0.609. The molecule has 1 rings (SSSR count). The molecule has 0 N–H and O–H groups in total. The van der Waals surface area contributed by atoms with Gasteiger partial charge in [-0.1, -0.05) is 29.8 Å². The summed E-state index contributed by atoms with van der Waals surface area (Å²) in [6.07, 6.45) is 0.858. The van der Waals surface area contributed by atoms with Gasteiger partial charge in [0.05, 0.1) is 20.3 Å². The molecule has 24 heavy (non-hydrogen) atoms. The number of amides is 1. The van der Waals surface area contributed by atoms with Crippen molar-refractivity contribution in [2.24, 2.45) is 0 Å². The normalized spacial score (nSPS) is 10.5. The number of nitrogens with zero attached hydrogens (tertiary/aromatic N) is 1. The van der Waals surface area contributed by atoms with Crippen LogP contribution in [0.5, 0.6) is 0 Å². The van der Waals surface area contributed by atoms with E-state index in [2.05, 4.69) is 4.74 Å². The van der Waals surface area contributed by atoms with Crippen molar-refractivity contribution < 1.29 is 23.8 Å². The minimum atomic E-state index is -0.466. The Morgan fingerprint density at radius 3 is 2.54 bits per heavy atom. The Kier molecular flexibility index (Phi) is 10.1. The van der Waals surface area contributed by atoms with Crippen molar-refractivity contribution in [3.63, 3.8) is 0 Å². The van der Waals surface area contributed by atoms with Crippen LogP contribution in [0.2, 0.25) is 5.02 Å². The van der Waals surface area contributed by atoms with Gasteiger partial charge in [-0.25, -0.2) is 0 Å². The summed E-state index contributed by atoms with van der Waals surface area (Å²) in [5, 5.41) is 0.558. The number of rotatable bonds is 11. The molecule has 0 saturated heterocycles. The Morgan fingerprint density at radius 1 is 1.12 bits per heavy atom. The van der Waals surface area contributed by atoms with Gasteiger partial charge in [0.2, 0.25) is 5.91 Å². The summed E-state index contributed by atoms with van der Waals surface area (Å²) >= 11 is 6.13. The highest BCUT2D eigenvalue weighted by molar-refractivity contribution is 6.31. The van der Waals surface area contributed by atoms with Crippen LogP contribution in [-0.4, -0.2) is 57.4 Å². The topological polar surface area (TPSA) is 65.1 Å². The average Bonchev–Trinajstić information content (AvgIpc) is 2.58. The first-order valence-corrected chi connectivity index (χ1v) is 8.11. The molecule has 0 saturated carbocycles. The largest absolute Gasteiger partial charge is 0.468 e. The Morgan fingerprint density at radius 2 is 1.88 bits per heavy atom. The van der Waals surface area contributed by atoms with Crippen LogP contribution < -0.4 is 0 Å². The molecule has 0 aliphatic rings. The number of hydrogen-bond acceptors (Lipinski definition) is 5. The van der Waals surface area contributed by atoms with Gasteiger partial charge in [0.25, 0.3) is 0 Å². The number of benzene rings is 1. The highest BCUT2D eigenvalue weighted by atomic mass is 35.5. The van der Waals surface area contributed by atoms with Crippen molar-refractivity contribution in [2.75, 3.05) is 40.6 Å². The van der Waals surface area contributed by atoms with Crippen LogP contribution in [0.3, 0.4) is 0 Å². The fourth-order valence-corrected chi connectivity index (χ4v) is 2.21. The average molecular weight is 358 g/mol. The molecule has 0 aliphatic carbocycles. The zero-order chi connectivity index (χ0) is 17.8. The highest BCUT2D eigenvalue weighted by Crippen LogP contribution is 2.17. The molecule has 0 fully saturated rings. The van der Waals surface area contributed by atoms with E-state index in [0.717, 1.165) is 5.56 Å². The quantitative estimate of drug-likeness (QED) is 0.449. The van der Waals surface area contributed by atoms with Crippen LogP contribution in [-0.2, 0) is 30.3 Å². The molecule has 0 aromatic heterocycles. The zero-order valence-electron chi connectivity index (χ0n) is 14.1. The van der Waals surface area contributed by atoms with E-state index < -0.39 is 5.97 Å². The molecule has 0 heterocycles. The number of carbonyl (C=O) groups is 2. The summed E-state index contributed by atoms with van der Waals surface area (Å²) in [4.78, 5) is 25.4. The van der Waals surface area contributed by atoms with Crippen LogP contribution in [0.4, 0.5) is 0 Å². The number of carbonyl (C=O) groups excluding carboxylic acids is 2. The van der Waals surface area contributed by atoms with E-state index in [0.29, 0.717) is 31.3 Å². The summed E-state index contributed by atoms with van der Waals surface area (Å²) in [7, 11) is 2.90. The van der Waals surface area contributed by atoms with E-state index in [-0.39, 0.29) is 25.4 Å². The van der Waals surface area contributed by atoms with Crippen molar-refractivity contribution in [3.8, 4) is 0 Å². The first-order valence-electron chi connectivity index (χ1n) is 7.73. The van der Waals surface area contributed by atoms with Gasteiger partial charge in [-0.2, -0.15) is 0 Å². The molecule has 134 valence electrons. The number of esters is 1. The minimum Gasteiger partial charge on any atom is -0.468 e. The molecular formula is C17H24ClNO5. The standard InChI is InChI=1S/C17H24ClNO5/c1-22-10-11-24-9-5-8-16(20)19(13-17(21)23-2)12-14-6-3-4-7-15(14)18/h3-4,6-7H,5,8-13H2,1-2H3. The maximum absolute atomic E-state index is 12.4. The first-order chi connectivity index (χ1) is 11.6. The van der Waals surface area contributed by atoms with E-state index in [4.69, 9.17) is 21.1 Å². The lowest BCUT2D eigenvalue weighted by Gasteiger charge is -2.22. The van der Waals surface area contributed by atoms with Crippen molar-refractivity contribution in [3.05, 3.63) is 34.9 Å². The third kappa shape index (κ3) is 7.77. The highest BCUT2D eigenvalue weighted by Gasteiger charge is 2.18. The number of ether oxygens (including phenoxy) is 3. The molecule has 1 amide bonds. The van der Waals surface area contributed by atoms with Gasteiger partial charge in [-0.15, -0.1) is 0 Å². The van der Waals surface area contributed by atoms with Crippen molar-refractivity contribution >= 4 is 23.5 Å². The smallest absolute Gasteiger partial charge is 0.325 e. The van der Waals surface area contributed by atoms with Crippen LogP contribution >= 0.6 is 11.6 Å². The minimum absolute atomic E-state index is 0.106. The summed E-state index contributed by atoms with van der Waals surface area (Å²) in [6, 6.07) is 7.23. The third-order valence-electron chi connectivity index (χ3n) is 3.33. The number of hydrogen-bond donors (Lipinski definition) is 0. The van der Waals surface area contributed by atoms with E-state index in [9.17, 15) is 9.59 Å². The lowest BCUT2D eigenvalue weighted by atomic mass is 10.2. The zero-order valence-corrected chi connectivity index (χ0v) is 14.9. The van der Waals surface area contributed by atoms with Crippen molar-refractivity contribution in [1.29, 1.82) is 0 Å². The molecule has 1 aromatic rings. The predicted molar refractivity (Wildman–Crippen MR) is 90.8 cm³/mol. The van der Waals surface area contributed by atoms with Crippen LogP contribution in [0.25, 0.3) is 0 Å². The van der Waals surface area contributed by atoms with E-state index in [1.165, 1.54) is 12.0 Å². The van der Waals surface area contributed by atoms with Gasteiger partial charge in [0.15, 0.2) is 0 Å². The Balaban J connectivity index is 2.56. The summed E-state index contributed by atoms with van der Waals surface area (Å²) in [5.41, 5.74) is 0.785. The van der Waals surface area contributed by atoms with E-state index in [1.807, 2.05) is 18.2 Å². The molecule has 0 radical (unpaired) electrons. The predicted octanol–water partition coefficient (Wildman–Crippen LogP) is 2.28. The van der Waals surface area contributed by atoms with Gasteiger partial charge < -0.3 is 19.1 Å². The second-order valence-corrected chi connectivity index (χ2v) is 5.53. The van der Waals surface area contributed by atoms with Crippen molar-refractivity contribution in [2.45, 2.75) is 19.4 Å². The molecule has 1 aromatic carbocycles. The fraction of sp³-hybridized carbons (Fsp3) is 0.529.